The highest BCUT2D eigenvalue weighted by molar-refractivity contribution is 9.11. The molecule has 7 atom stereocenters. The second-order valence-electron chi connectivity index (χ2n) is 13.9. The largest absolute Gasteiger partial charge is 0.463 e. The molecule has 0 radical (unpaired) electrons. The van der Waals surface area contributed by atoms with Gasteiger partial charge in [-0.25, -0.2) is 0 Å². The zero-order chi connectivity index (χ0) is 34.2. The average Bonchev–Trinajstić information content (AvgIpc) is 3.66. The third kappa shape index (κ3) is 6.23. The summed E-state index contributed by atoms with van der Waals surface area (Å²) in [5.74, 6) is -3.66. The Labute approximate surface area is 289 Å². The molecule has 11 heteroatoms. The van der Waals surface area contributed by atoms with Gasteiger partial charge in [0.15, 0.2) is 0 Å². The molecule has 0 saturated carbocycles. The SMILES string of the molecule is CC(C)(C)N1C/C=C\CCC(=O)OC[C@@H](c2ccccc2)NC(=O)[C@@H]2[C@H]3O[C@@]4(C=C3Br)[C@H](C1=O)N([C@@H](CO)Cc1ccccc1)C(=O)[C@@H]24. The molecule has 10 nitrogen and oxygen atoms in total. The number of ether oxygens (including phenoxy) is 2. The number of benzene rings is 2. The zero-order valence-corrected chi connectivity index (χ0v) is 29.0. The standard InChI is InChI=1S/C37H42BrN3O7/c1-36(2,3)40-18-12-6-11-17-28(43)47-22-27(24-15-9-5-10-16-24)39-33(44)29-30-34(45)41(25(21-42)19-23-13-7-4-8-14-23)32(35(40)46)37(30)20-26(38)31(29)48-37/h4-10,12-16,20,25,27,29-32,42H,11,17-19,21-22H2,1-3H3,(H,39,44)/b12-6-/t25-,27+,29+,30-,31+,32+,37-/m1/s1. The number of hydrogen-bond donors (Lipinski definition) is 2. The van der Waals surface area contributed by atoms with Gasteiger partial charge in [0.2, 0.25) is 17.7 Å². The normalized spacial score (nSPS) is 30.9. The van der Waals surface area contributed by atoms with E-state index in [9.17, 15) is 24.3 Å². The first kappa shape index (κ1) is 34.1. The van der Waals surface area contributed by atoms with E-state index in [2.05, 4.69) is 21.2 Å². The maximum atomic E-state index is 15.0. The molecule has 2 aromatic rings. The van der Waals surface area contributed by atoms with Crippen LogP contribution in [0.4, 0.5) is 0 Å². The molecular formula is C37H42BrN3O7. The van der Waals surface area contributed by atoms with Crippen LogP contribution in [0, 0.1) is 11.8 Å². The van der Waals surface area contributed by atoms with Gasteiger partial charge in [0, 0.05) is 23.0 Å². The van der Waals surface area contributed by atoms with Crippen molar-refractivity contribution in [1.82, 2.24) is 15.1 Å². The van der Waals surface area contributed by atoms with Gasteiger partial charge in [-0.15, -0.1) is 0 Å². The van der Waals surface area contributed by atoms with E-state index in [-0.39, 0.29) is 25.5 Å². The Morgan fingerprint density at radius 2 is 1.69 bits per heavy atom. The number of hydrogen-bond acceptors (Lipinski definition) is 7. The van der Waals surface area contributed by atoms with Crippen LogP contribution >= 0.6 is 15.9 Å². The minimum atomic E-state index is -1.46. The lowest BCUT2D eigenvalue weighted by Crippen LogP contribution is -2.61. The first-order valence-electron chi connectivity index (χ1n) is 16.5. The molecule has 2 saturated heterocycles. The fourth-order valence-electron chi connectivity index (χ4n) is 7.53. The van der Waals surface area contributed by atoms with E-state index >= 15 is 0 Å². The van der Waals surface area contributed by atoms with Gasteiger partial charge >= 0.3 is 5.97 Å². The highest BCUT2D eigenvalue weighted by Crippen LogP contribution is 2.59. The summed E-state index contributed by atoms with van der Waals surface area (Å²) in [6.07, 6.45) is 5.51. The topological polar surface area (TPSA) is 125 Å². The quantitative estimate of drug-likeness (QED) is 0.356. The third-order valence-electron chi connectivity index (χ3n) is 9.79. The van der Waals surface area contributed by atoms with Gasteiger partial charge in [0.25, 0.3) is 0 Å². The van der Waals surface area contributed by atoms with Crippen LogP contribution in [0.1, 0.15) is 50.8 Å². The Kier molecular flexibility index (Phi) is 9.66. The number of fused-ring (bicyclic) bond motifs is 2. The Balaban J connectivity index is 1.47. The highest BCUT2D eigenvalue weighted by Gasteiger charge is 2.75. The lowest BCUT2D eigenvalue weighted by atomic mass is 9.73. The van der Waals surface area contributed by atoms with E-state index in [1.165, 1.54) is 4.90 Å². The monoisotopic (exact) mass is 719 g/mol. The highest BCUT2D eigenvalue weighted by atomic mass is 79.9. The molecule has 1 spiro atoms. The average molecular weight is 721 g/mol. The van der Waals surface area contributed by atoms with Crippen LogP contribution in [0.25, 0.3) is 0 Å². The summed E-state index contributed by atoms with van der Waals surface area (Å²) in [4.78, 5) is 60.1. The molecule has 5 bridgehead atoms. The number of carbonyl (C=O) groups excluding carboxylic acids is 4. The molecule has 2 aromatic carbocycles. The summed E-state index contributed by atoms with van der Waals surface area (Å²) in [6.45, 7) is 5.48. The van der Waals surface area contributed by atoms with Crippen molar-refractivity contribution in [2.75, 3.05) is 19.8 Å². The molecule has 0 aliphatic carbocycles. The van der Waals surface area contributed by atoms with Crippen LogP contribution < -0.4 is 5.32 Å². The molecule has 48 heavy (non-hydrogen) atoms. The smallest absolute Gasteiger partial charge is 0.306 e. The van der Waals surface area contributed by atoms with Crippen molar-refractivity contribution in [3.05, 3.63) is 94.5 Å². The molecule has 0 aromatic heterocycles. The second-order valence-corrected chi connectivity index (χ2v) is 14.8. The number of carbonyl (C=O) groups is 4. The molecule has 4 aliphatic heterocycles. The number of amides is 3. The van der Waals surface area contributed by atoms with E-state index in [4.69, 9.17) is 9.47 Å². The van der Waals surface area contributed by atoms with Crippen molar-refractivity contribution < 1.29 is 33.8 Å². The van der Waals surface area contributed by atoms with Gasteiger partial charge in [-0.2, -0.15) is 0 Å². The van der Waals surface area contributed by atoms with E-state index in [0.29, 0.717) is 17.3 Å². The first-order valence-corrected chi connectivity index (χ1v) is 17.3. The van der Waals surface area contributed by atoms with Crippen LogP contribution in [-0.2, 0) is 35.1 Å². The van der Waals surface area contributed by atoms with Crippen LogP contribution in [0.5, 0.6) is 0 Å². The number of allylic oxidation sites excluding steroid dienone is 1. The molecule has 2 N–H and O–H groups in total. The van der Waals surface area contributed by atoms with Crippen molar-refractivity contribution in [1.29, 1.82) is 0 Å². The molecule has 3 amide bonds. The predicted octanol–water partition coefficient (Wildman–Crippen LogP) is 3.84. The molecular weight excluding hydrogens is 678 g/mol. The van der Waals surface area contributed by atoms with Crippen molar-refractivity contribution in [3.63, 3.8) is 0 Å². The minimum Gasteiger partial charge on any atom is -0.463 e. The summed E-state index contributed by atoms with van der Waals surface area (Å²) in [5, 5.41) is 13.9. The van der Waals surface area contributed by atoms with Gasteiger partial charge in [0.1, 0.15) is 24.4 Å². The van der Waals surface area contributed by atoms with Crippen molar-refractivity contribution in [2.24, 2.45) is 11.8 Å². The number of nitrogens with one attached hydrogen (secondary N) is 1. The van der Waals surface area contributed by atoms with Gasteiger partial charge in [-0.1, -0.05) is 88.7 Å². The molecule has 0 unspecified atom stereocenters. The van der Waals surface area contributed by atoms with Crippen molar-refractivity contribution in [2.45, 2.75) is 75.4 Å². The van der Waals surface area contributed by atoms with Crippen LogP contribution in [0.3, 0.4) is 0 Å². The van der Waals surface area contributed by atoms with Crippen molar-refractivity contribution >= 4 is 39.6 Å². The molecule has 2 fully saturated rings. The Bertz CT molecular complexity index is 1610. The number of cyclic esters (lactones) is 1. The molecule has 254 valence electrons. The summed E-state index contributed by atoms with van der Waals surface area (Å²) in [6, 6.07) is 16.1. The maximum absolute atomic E-state index is 15.0. The molecule has 6 rings (SSSR count). The van der Waals surface area contributed by atoms with Crippen molar-refractivity contribution in [3.8, 4) is 0 Å². The lowest BCUT2D eigenvalue weighted by molar-refractivity contribution is -0.153. The molecule has 4 aliphatic rings. The van der Waals surface area contributed by atoms with E-state index < -0.39 is 71.6 Å². The van der Waals surface area contributed by atoms with Gasteiger partial charge < -0.3 is 29.7 Å². The maximum Gasteiger partial charge on any atom is 0.306 e. The van der Waals surface area contributed by atoms with Gasteiger partial charge in [0.05, 0.1) is 30.5 Å². The van der Waals surface area contributed by atoms with E-state index in [1.54, 1.807) is 11.0 Å². The number of nitrogens with zero attached hydrogens (tertiary/aromatic N) is 2. The fourth-order valence-corrected chi connectivity index (χ4v) is 8.27. The second kappa shape index (κ2) is 13.6. The number of likely N-dealkylation sites (tertiary alicyclic amines) is 1. The van der Waals surface area contributed by atoms with E-state index in [0.717, 1.165) is 11.1 Å². The predicted molar refractivity (Wildman–Crippen MR) is 181 cm³/mol. The number of esters is 1. The van der Waals surface area contributed by atoms with Gasteiger partial charge in [-0.3, -0.25) is 19.2 Å². The lowest BCUT2D eigenvalue weighted by Gasteiger charge is -2.43. The summed E-state index contributed by atoms with van der Waals surface area (Å²) >= 11 is 3.62. The zero-order valence-electron chi connectivity index (χ0n) is 27.4. The first-order chi connectivity index (χ1) is 23.0. The summed E-state index contributed by atoms with van der Waals surface area (Å²) < 4.78 is 12.9. The molecule has 4 heterocycles. The third-order valence-corrected chi connectivity index (χ3v) is 10.5. The van der Waals surface area contributed by atoms with E-state index in [1.807, 2.05) is 93.6 Å². The summed E-state index contributed by atoms with van der Waals surface area (Å²) in [7, 11) is 0. The van der Waals surface area contributed by atoms with Crippen LogP contribution in [0.2, 0.25) is 0 Å². The Morgan fingerprint density at radius 1 is 1.00 bits per heavy atom. The van der Waals surface area contributed by atoms with Crippen LogP contribution in [0.15, 0.2) is 83.4 Å². The fraction of sp³-hybridized carbons (Fsp3) is 0.459. The van der Waals surface area contributed by atoms with Gasteiger partial charge in [-0.05, 0) is 50.8 Å². The number of rotatable bonds is 5. The number of halogens is 1. The number of aliphatic hydroxyl groups excluding tert-OH is 1. The van der Waals surface area contributed by atoms with Crippen LogP contribution in [-0.4, -0.2) is 87.7 Å². The number of aliphatic hydroxyl groups is 1. The Morgan fingerprint density at radius 3 is 2.35 bits per heavy atom. The Hall–Kier alpha value is -3.80. The minimum absolute atomic E-state index is 0.0913. The summed E-state index contributed by atoms with van der Waals surface area (Å²) in [5.41, 5.74) is -0.495.